The summed E-state index contributed by atoms with van der Waals surface area (Å²) >= 11 is 0. The Morgan fingerprint density at radius 3 is 2.38 bits per heavy atom. The van der Waals surface area contributed by atoms with Crippen molar-refractivity contribution in [3.8, 4) is 5.75 Å². The molecule has 1 N–H and O–H groups in total. The van der Waals surface area contributed by atoms with E-state index in [1.165, 1.54) is 5.56 Å². The van der Waals surface area contributed by atoms with E-state index in [2.05, 4.69) is 17.4 Å². The molecule has 0 aromatic heterocycles. The smallest absolute Gasteiger partial charge is 0.238 e. The summed E-state index contributed by atoms with van der Waals surface area (Å²) in [5, 5.41) is 2.87. The highest BCUT2D eigenvalue weighted by molar-refractivity contribution is 5.92. The van der Waals surface area contributed by atoms with Crippen LogP contribution in [0.25, 0.3) is 0 Å². The van der Waals surface area contributed by atoms with Crippen molar-refractivity contribution in [2.75, 3.05) is 26.0 Å². The molecular weight excluding hydrogens is 264 g/mol. The lowest BCUT2D eigenvalue weighted by Crippen LogP contribution is -2.29. The molecular formula is C17H20N2O2. The van der Waals surface area contributed by atoms with Gasteiger partial charge in [-0.25, -0.2) is 0 Å². The molecule has 2 rings (SSSR count). The molecule has 21 heavy (non-hydrogen) atoms. The topological polar surface area (TPSA) is 41.6 Å². The fraction of sp³-hybridized carbons (Fsp3) is 0.235. The van der Waals surface area contributed by atoms with Gasteiger partial charge < -0.3 is 10.1 Å². The van der Waals surface area contributed by atoms with Crippen LogP contribution in [-0.4, -0.2) is 31.5 Å². The van der Waals surface area contributed by atoms with Crippen molar-refractivity contribution >= 4 is 11.6 Å². The average Bonchev–Trinajstić information content (AvgIpc) is 2.48. The van der Waals surface area contributed by atoms with Crippen LogP contribution < -0.4 is 10.1 Å². The number of benzene rings is 2. The van der Waals surface area contributed by atoms with Crippen LogP contribution in [0, 0.1) is 0 Å². The molecule has 0 fully saturated rings. The number of hydrogen-bond donors (Lipinski definition) is 1. The minimum Gasteiger partial charge on any atom is -0.497 e. The Labute approximate surface area is 125 Å². The molecule has 1 amide bonds. The quantitative estimate of drug-likeness (QED) is 0.887. The summed E-state index contributed by atoms with van der Waals surface area (Å²) in [4.78, 5) is 14.0. The van der Waals surface area contributed by atoms with Crippen LogP contribution in [-0.2, 0) is 11.3 Å². The molecule has 2 aromatic rings. The van der Waals surface area contributed by atoms with Crippen molar-refractivity contribution in [2.24, 2.45) is 0 Å². The van der Waals surface area contributed by atoms with Gasteiger partial charge in [0.05, 0.1) is 13.7 Å². The summed E-state index contributed by atoms with van der Waals surface area (Å²) in [6.07, 6.45) is 0. The molecule has 110 valence electrons. The summed E-state index contributed by atoms with van der Waals surface area (Å²) in [6, 6.07) is 17.4. The number of carbonyl (C=O) groups excluding carboxylic acids is 1. The second-order valence-corrected chi connectivity index (χ2v) is 4.93. The Kier molecular flexibility index (Phi) is 5.35. The number of anilines is 1. The highest BCUT2D eigenvalue weighted by Crippen LogP contribution is 2.14. The Morgan fingerprint density at radius 1 is 1.10 bits per heavy atom. The first-order chi connectivity index (χ1) is 10.2. The Hall–Kier alpha value is -2.33. The van der Waals surface area contributed by atoms with Gasteiger partial charge in [0.15, 0.2) is 0 Å². The van der Waals surface area contributed by atoms with Gasteiger partial charge in [-0.1, -0.05) is 30.3 Å². The van der Waals surface area contributed by atoms with Crippen molar-refractivity contribution in [1.82, 2.24) is 4.90 Å². The first-order valence-electron chi connectivity index (χ1n) is 6.84. The number of rotatable bonds is 6. The normalized spacial score (nSPS) is 10.4. The van der Waals surface area contributed by atoms with E-state index in [0.717, 1.165) is 18.0 Å². The average molecular weight is 284 g/mol. The van der Waals surface area contributed by atoms with E-state index >= 15 is 0 Å². The van der Waals surface area contributed by atoms with Crippen LogP contribution >= 0.6 is 0 Å². The van der Waals surface area contributed by atoms with Crippen molar-refractivity contribution in [1.29, 1.82) is 0 Å². The molecule has 0 aliphatic carbocycles. The van der Waals surface area contributed by atoms with Crippen LogP contribution in [0.2, 0.25) is 0 Å². The minimum atomic E-state index is -0.0291. The van der Waals surface area contributed by atoms with Crippen molar-refractivity contribution < 1.29 is 9.53 Å². The zero-order valence-electron chi connectivity index (χ0n) is 12.4. The van der Waals surface area contributed by atoms with Crippen LogP contribution in [0.4, 0.5) is 5.69 Å². The molecule has 0 aliphatic heterocycles. The van der Waals surface area contributed by atoms with Crippen molar-refractivity contribution in [2.45, 2.75) is 6.54 Å². The molecule has 4 nitrogen and oxygen atoms in total. The number of carbonyl (C=O) groups is 1. The summed E-state index contributed by atoms with van der Waals surface area (Å²) < 4.78 is 5.08. The van der Waals surface area contributed by atoms with E-state index in [-0.39, 0.29) is 5.91 Å². The number of hydrogen-bond acceptors (Lipinski definition) is 3. The third-order valence-corrected chi connectivity index (χ3v) is 3.08. The first-order valence-corrected chi connectivity index (χ1v) is 6.84. The summed E-state index contributed by atoms with van der Waals surface area (Å²) in [6.45, 7) is 1.10. The van der Waals surface area contributed by atoms with E-state index in [1.807, 2.05) is 54.4 Å². The molecule has 0 bridgehead atoms. The Bertz CT molecular complexity index is 567. The highest BCUT2D eigenvalue weighted by Gasteiger charge is 2.07. The summed E-state index contributed by atoms with van der Waals surface area (Å²) in [5.74, 6) is 0.743. The second kappa shape index (κ2) is 7.45. The molecule has 4 heteroatoms. The SMILES string of the molecule is COc1ccc(NC(=O)CN(C)Cc2ccccc2)cc1. The largest absolute Gasteiger partial charge is 0.497 e. The fourth-order valence-corrected chi connectivity index (χ4v) is 2.07. The van der Waals surface area contributed by atoms with Crippen LogP contribution in [0.5, 0.6) is 5.75 Å². The van der Waals surface area contributed by atoms with Crippen LogP contribution in [0.1, 0.15) is 5.56 Å². The number of amides is 1. The van der Waals surface area contributed by atoms with Gasteiger partial charge in [0, 0.05) is 12.2 Å². The maximum Gasteiger partial charge on any atom is 0.238 e. The first kappa shape index (κ1) is 15.1. The molecule has 0 unspecified atom stereocenters. The van der Waals surface area contributed by atoms with E-state index in [0.29, 0.717) is 6.54 Å². The Balaban J connectivity index is 1.83. The molecule has 0 atom stereocenters. The highest BCUT2D eigenvalue weighted by atomic mass is 16.5. The van der Waals surface area contributed by atoms with Gasteiger partial charge in [-0.3, -0.25) is 9.69 Å². The zero-order chi connectivity index (χ0) is 15.1. The van der Waals surface area contributed by atoms with Gasteiger partial charge >= 0.3 is 0 Å². The monoisotopic (exact) mass is 284 g/mol. The van der Waals surface area contributed by atoms with Gasteiger partial charge in [-0.05, 0) is 36.9 Å². The number of nitrogens with zero attached hydrogens (tertiary/aromatic N) is 1. The van der Waals surface area contributed by atoms with E-state index in [4.69, 9.17) is 4.74 Å². The molecule has 0 radical (unpaired) electrons. The number of likely N-dealkylation sites (N-methyl/N-ethyl adjacent to an activating group) is 1. The lowest BCUT2D eigenvalue weighted by molar-refractivity contribution is -0.117. The van der Waals surface area contributed by atoms with Gasteiger partial charge in [-0.15, -0.1) is 0 Å². The van der Waals surface area contributed by atoms with E-state index in [9.17, 15) is 4.79 Å². The molecule has 0 spiro atoms. The third-order valence-electron chi connectivity index (χ3n) is 3.08. The molecule has 0 aliphatic rings. The van der Waals surface area contributed by atoms with Crippen LogP contribution in [0.3, 0.4) is 0 Å². The molecule has 0 saturated carbocycles. The number of methoxy groups -OCH3 is 1. The molecule has 0 heterocycles. The lowest BCUT2D eigenvalue weighted by Gasteiger charge is -2.16. The zero-order valence-corrected chi connectivity index (χ0v) is 12.4. The molecule has 0 saturated heterocycles. The number of ether oxygens (including phenoxy) is 1. The van der Waals surface area contributed by atoms with Gasteiger partial charge in [0.2, 0.25) is 5.91 Å². The maximum atomic E-state index is 12.0. The van der Waals surface area contributed by atoms with E-state index < -0.39 is 0 Å². The standard InChI is InChI=1S/C17H20N2O2/c1-19(12-14-6-4-3-5-7-14)13-17(20)18-15-8-10-16(21-2)11-9-15/h3-11H,12-13H2,1-2H3,(H,18,20). The Morgan fingerprint density at radius 2 is 1.76 bits per heavy atom. The predicted octanol–water partition coefficient (Wildman–Crippen LogP) is 2.77. The van der Waals surface area contributed by atoms with Gasteiger partial charge in [0.25, 0.3) is 0 Å². The van der Waals surface area contributed by atoms with E-state index in [1.54, 1.807) is 7.11 Å². The minimum absolute atomic E-state index is 0.0291. The molecule has 2 aromatic carbocycles. The predicted molar refractivity (Wildman–Crippen MR) is 84.4 cm³/mol. The number of nitrogens with one attached hydrogen (secondary N) is 1. The lowest BCUT2D eigenvalue weighted by atomic mass is 10.2. The van der Waals surface area contributed by atoms with Crippen molar-refractivity contribution in [3.05, 3.63) is 60.2 Å². The van der Waals surface area contributed by atoms with Crippen molar-refractivity contribution in [3.63, 3.8) is 0 Å². The third kappa shape index (κ3) is 4.93. The summed E-state index contributed by atoms with van der Waals surface area (Å²) in [7, 11) is 3.55. The van der Waals surface area contributed by atoms with Gasteiger partial charge in [-0.2, -0.15) is 0 Å². The van der Waals surface area contributed by atoms with Gasteiger partial charge in [0.1, 0.15) is 5.75 Å². The summed E-state index contributed by atoms with van der Waals surface area (Å²) in [5.41, 5.74) is 1.96. The fourth-order valence-electron chi connectivity index (χ4n) is 2.07. The second-order valence-electron chi connectivity index (χ2n) is 4.93. The maximum absolute atomic E-state index is 12.0. The van der Waals surface area contributed by atoms with Crippen LogP contribution in [0.15, 0.2) is 54.6 Å².